The summed E-state index contributed by atoms with van der Waals surface area (Å²) in [5.74, 6) is -0.512. The molecule has 1 amide bonds. The molecule has 0 aromatic heterocycles. The van der Waals surface area contributed by atoms with Crippen molar-refractivity contribution >= 4 is 18.0 Å². The van der Waals surface area contributed by atoms with Crippen molar-refractivity contribution in [3.05, 3.63) is 102 Å². The number of ether oxygens (including phenoxy) is 5. The van der Waals surface area contributed by atoms with Crippen LogP contribution in [0.1, 0.15) is 36.6 Å². The van der Waals surface area contributed by atoms with Crippen LogP contribution in [0.3, 0.4) is 0 Å². The maximum Gasteiger partial charge on any atom is 0.410 e. The molecule has 4 atom stereocenters. The molecule has 40 heavy (non-hydrogen) atoms. The van der Waals surface area contributed by atoms with Crippen molar-refractivity contribution in [3.8, 4) is 5.75 Å². The number of methoxy groups -OCH3 is 1. The van der Waals surface area contributed by atoms with E-state index in [1.54, 1.807) is 19.2 Å². The van der Waals surface area contributed by atoms with Crippen molar-refractivity contribution in [1.29, 1.82) is 0 Å². The molecular weight excluding hydrogens is 514 g/mol. The molecule has 210 valence electrons. The van der Waals surface area contributed by atoms with Crippen molar-refractivity contribution < 1.29 is 38.1 Å². The minimum absolute atomic E-state index is 0.0483. The molecule has 0 bridgehead atoms. The van der Waals surface area contributed by atoms with Gasteiger partial charge in [-0.3, -0.25) is 14.5 Å². The molecule has 0 N–H and O–H groups in total. The summed E-state index contributed by atoms with van der Waals surface area (Å²) in [6, 6.07) is 25.2. The van der Waals surface area contributed by atoms with Gasteiger partial charge in [0.15, 0.2) is 12.2 Å². The molecule has 4 rings (SSSR count). The fraction of sp³-hybridized carbons (Fsp3) is 0.323. The summed E-state index contributed by atoms with van der Waals surface area (Å²) in [6.07, 6.45) is -3.51. The van der Waals surface area contributed by atoms with Gasteiger partial charge < -0.3 is 23.7 Å². The fourth-order valence-corrected chi connectivity index (χ4v) is 4.75. The molecule has 9 nitrogen and oxygen atoms in total. The van der Waals surface area contributed by atoms with Gasteiger partial charge in [0.2, 0.25) is 0 Å². The molecule has 1 aliphatic heterocycles. The number of likely N-dealkylation sites (tertiary alicyclic amines) is 1. The van der Waals surface area contributed by atoms with E-state index >= 15 is 0 Å². The van der Waals surface area contributed by atoms with Gasteiger partial charge in [-0.1, -0.05) is 72.8 Å². The Balaban J connectivity index is 1.73. The lowest BCUT2D eigenvalue weighted by molar-refractivity contribution is -0.201. The lowest BCUT2D eigenvalue weighted by Crippen LogP contribution is -2.61. The first-order valence-electron chi connectivity index (χ1n) is 13.0. The second-order valence-corrected chi connectivity index (χ2v) is 9.39. The Hall–Kier alpha value is -4.37. The smallest absolute Gasteiger partial charge is 0.410 e. The van der Waals surface area contributed by atoms with E-state index in [0.717, 1.165) is 11.1 Å². The van der Waals surface area contributed by atoms with E-state index in [2.05, 4.69) is 0 Å². The van der Waals surface area contributed by atoms with Crippen LogP contribution in [0.15, 0.2) is 84.9 Å². The Morgan fingerprint density at radius 2 is 1.32 bits per heavy atom. The van der Waals surface area contributed by atoms with E-state index in [4.69, 9.17) is 23.7 Å². The normalized spacial score (nSPS) is 20.3. The average molecular weight is 548 g/mol. The minimum atomic E-state index is -0.990. The highest BCUT2D eigenvalue weighted by atomic mass is 16.6. The summed E-state index contributed by atoms with van der Waals surface area (Å²) in [5, 5.41) is 0. The van der Waals surface area contributed by atoms with Crippen LogP contribution >= 0.6 is 0 Å². The standard InChI is InChI=1S/C31H33NO8/c1-21(33)39-27-18-32(31(35)38-20-24-12-8-5-9-13-24)28(25-14-16-26(36-3)17-15-25)30(29(27)40-22(2)34)37-19-23-10-6-4-7-11-23/h4-17,27-30H,18-20H2,1-3H3/t27-,28-,29-,30-/m1/s1. The van der Waals surface area contributed by atoms with Crippen LogP contribution in [0.2, 0.25) is 0 Å². The number of rotatable bonds is 9. The molecule has 0 unspecified atom stereocenters. The molecule has 3 aromatic carbocycles. The quantitative estimate of drug-likeness (QED) is 0.277. The first kappa shape index (κ1) is 28.6. The predicted molar refractivity (Wildman–Crippen MR) is 145 cm³/mol. The number of nitrogens with zero attached hydrogens (tertiary/aromatic N) is 1. The zero-order chi connectivity index (χ0) is 28.5. The zero-order valence-corrected chi connectivity index (χ0v) is 22.7. The lowest BCUT2D eigenvalue weighted by atomic mass is 9.88. The third-order valence-electron chi connectivity index (χ3n) is 6.52. The first-order chi connectivity index (χ1) is 19.4. The number of piperidine rings is 1. The van der Waals surface area contributed by atoms with Gasteiger partial charge in [0, 0.05) is 13.8 Å². The van der Waals surface area contributed by atoms with Gasteiger partial charge in [-0.05, 0) is 28.8 Å². The third kappa shape index (κ3) is 7.39. The number of esters is 2. The Bertz CT molecular complexity index is 1270. The van der Waals surface area contributed by atoms with Crippen molar-refractivity contribution in [2.45, 2.75) is 51.4 Å². The summed E-state index contributed by atoms with van der Waals surface area (Å²) >= 11 is 0. The number of amides is 1. The van der Waals surface area contributed by atoms with Crippen LogP contribution < -0.4 is 4.74 Å². The average Bonchev–Trinajstić information content (AvgIpc) is 2.96. The first-order valence-corrected chi connectivity index (χ1v) is 13.0. The highest BCUT2D eigenvalue weighted by molar-refractivity contribution is 5.70. The molecule has 1 saturated heterocycles. The number of hydrogen-bond donors (Lipinski definition) is 0. The molecule has 1 fully saturated rings. The summed E-state index contributed by atoms with van der Waals surface area (Å²) < 4.78 is 28.7. The van der Waals surface area contributed by atoms with Gasteiger partial charge in [0.25, 0.3) is 0 Å². The van der Waals surface area contributed by atoms with Crippen molar-refractivity contribution in [3.63, 3.8) is 0 Å². The molecule has 1 heterocycles. The number of carbonyl (C=O) groups excluding carboxylic acids is 3. The van der Waals surface area contributed by atoms with Crippen molar-refractivity contribution in [1.82, 2.24) is 4.90 Å². The summed E-state index contributed by atoms with van der Waals surface area (Å²) in [7, 11) is 1.56. The topological polar surface area (TPSA) is 101 Å². The van der Waals surface area contributed by atoms with E-state index < -0.39 is 42.4 Å². The number of benzene rings is 3. The molecule has 3 aromatic rings. The minimum Gasteiger partial charge on any atom is -0.497 e. The molecule has 0 radical (unpaired) electrons. The van der Waals surface area contributed by atoms with Gasteiger partial charge in [0.05, 0.1) is 26.3 Å². The second-order valence-electron chi connectivity index (χ2n) is 9.39. The van der Waals surface area contributed by atoms with Crippen LogP contribution in [0.5, 0.6) is 5.75 Å². The Labute approximate surface area is 233 Å². The highest BCUT2D eigenvalue weighted by Gasteiger charge is 2.50. The predicted octanol–water partition coefficient (Wildman–Crippen LogP) is 4.84. The maximum atomic E-state index is 13.6. The Morgan fingerprint density at radius 3 is 1.88 bits per heavy atom. The summed E-state index contributed by atoms with van der Waals surface area (Å²) in [4.78, 5) is 39.4. The van der Waals surface area contributed by atoms with E-state index in [9.17, 15) is 14.4 Å². The van der Waals surface area contributed by atoms with Crippen LogP contribution in [0, 0.1) is 0 Å². The van der Waals surface area contributed by atoms with Crippen molar-refractivity contribution in [2.75, 3.05) is 13.7 Å². The van der Waals surface area contributed by atoms with Gasteiger partial charge in [-0.2, -0.15) is 0 Å². The lowest BCUT2D eigenvalue weighted by Gasteiger charge is -2.47. The molecule has 9 heteroatoms. The fourth-order valence-electron chi connectivity index (χ4n) is 4.75. The second kappa shape index (κ2) is 13.6. The molecule has 0 aliphatic carbocycles. The van der Waals surface area contributed by atoms with E-state index in [-0.39, 0.29) is 19.8 Å². The summed E-state index contributed by atoms with van der Waals surface area (Å²) in [5.41, 5.74) is 2.40. The number of carbonyl (C=O) groups is 3. The molecule has 1 aliphatic rings. The van der Waals surface area contributed by atoms with Crippen LogP contribution in [0.4, 0.5) is 4.79 Å². The SMILES string of the molecule is COc1ccc([C@@H]2[C@@H](OCc3ccccc3)[C@H](OC(C)=O)[C@H](OC(C)=O)CN2C(=O)OCc2ccccc2)cc1. The van der Waals surface area contributed by atoms with Gasteiger partial charge in [-0.25, -0.2) is 4.79 Å². The maximum absolute atomic E-state index is 13.6. The van der Waals surface area contributed by atoms with Gasteiger partial charge in [-0.15, -0.1) is 0 Å². The Kier molecular flexibility index (Phi) is 9.75. The van der Waals surface area contributed by atoms with E-state index in [1.165, 1.54) is 18.7 Å². The van der Waals surface area contributed by atoms with Gasteiger partial charge in [0.1, 0.15) is 18.5 Å². The van der Waals surface area contributed by atoms with Crippen LogP contribution in [-0.2, 0) is 41.8 Å². The molecule has 0 spiro atoms. The molecule has 0 saturated carbocycles. The van der Waals surface area contributed by atoms with E-state index in [0.29, 0.717) is 11.3 Å². The molecular formula is C31H33NO8. The van der Waals surface area contributed by atoms with Crippen LogP contribution in [0.25, 0.3) is 0 Å². The number of hydrogen-bond acceptors (Lipinski definition) is 8. The monoisotopic (exact) mass is 547 g/mol. The highest BCUT2D eigenvalue weighted by Crippen LogP contribution is 2.38. The van der Waals surface area contributed by atoms with E-state index in [1.807, 2.05) is 72.8 Å². The van der Waals surface area contributed by atoms with Gasteiger partial charge >= 0.3 is 18.0 Å². The third-order valence-corrected chi connectivity index (χ3v) is 6.52. The zero-order valence-electron chi connectivity index (χ0n) is 22.7. The summed E-state index contributed by atoms with van der Waals surface area (Å²) in [6.45, 7) is 2.68. The van der Waals surface area contributed by atoms with Crippen LogP contribution in [-0.4, -0.2) is 54.9 Å². The largest absolute Gasteiger partial charge is 0.497 e. The Morgan fingerprint density at radius 1 is 0.750 bits per heavy atom. The van der Waals surface area contributed by atoms with Crippen molar-refractivity contribution in [2.24, 2.45) is 0 Å².